The highest BCUT2D eigenvalue weighted by Gasteiger charge is 2.21. The van der Waals surface area contributed by atoms with Crippen LogP contribution in [0.1, 0.15) is 23.2 Å². The molecule has 1 aliphatic heterocycles. The van der Waals surface area contributed by atoms with Gasteiger partial charge >= 0.3 is 5.97 Å². The van der Waals surface area contributed by atoms with Crippen molar-refractivity contribution in [1.29, 1.82) is 0 Å². The molecule has 0 saturated carbocycles. The smallest absolute Gasteiger partial charge is 0.326 e. The van der Waals surface area contributed by atoms with E-state index in [4.69, 9.17) is 5.11 Å². The van der Waals surface area contributed by atoms with Crippen molar-refractivity contribution < 1.29 is 19.5 Å². The normalized spacial score (nSPS) is 14.5. The van der Waals surface area contributed by atoms with Crippen LogP contribution in [0.2, 0.25) is 0 Å². The Morgan fingerprint density at radius 1 is 1.50 bits per heavy atom. The average molecular weight is 320 g/mol. The van der Waals surface area contributed by atoms with E-state index >= 15 is 0 Å². The van der Waals surface area contributed by atoms with Crippen LogP contribution in [0.15, 0.2) is 35.7 Å². The van der Waals surface area contributed by atoms with E-state index < -0.39 is 17.9 Å². The van der Waals surface area contributed by atoms with E-state index in [1.54, 1.807) is 24.3 Å². The van der Waals surface area contributed by atoms with Crippen LogP contribution < -0.4 is 10.6 Å². The lowest BCUT2D eigenvalue weighted by Crippen LogP contribution is -2.40. The Labute approximate surface area is 132 Å². The predicted octanol–water partition coefficient (Wildman–Crippen LogP) is 1.88. The summed E-state index contributed by atoms with van der Waals surface area (Å²) in [5.41, 5.74) is 0.887. The zero-order valence-corrected chi connectivity index (χ0v) is 12.6. The predicted molar refractivity (Wildman–Crippen MR) is 84.1 cm³/mol. The number of carbonyl (C=O) groups is 3. The number of amides is 2. The molecule has 1 unspecified atom stereocenters. The second-order valence-corrected chi connectivity index (χ2v) is 5.80. The average Bonchev–Trinajstić information content (AvgIpc) is 2.50. The van der Waals surface area contributed by atoms with E-state index in [0.29, 0.717) is 23.4 Å². The maximum Gasteiger partial charge on any atom is 0.326 e. The topological polar surface area (TPSA) is 95.5 Å². The first-order valence-corrected chi connectivity index (χ1v) is 7.71. The Hall–Kier alpha value is -2.28. The lowest BCUT2D eigenvalue weighted by atomic mass is 10.1. The van der Waals surface area contributed by atoms with Crippen molar-refractivity contribution in [2.75, 3.05) is 11.1 Å². The number of nitrogens with one attached hydrogen (secondary N) is 2. The monoisotopic (exact) mass is 320 g/mol. The number of fused-ring (bicyclic) bond motifs is 1. The van der Waals surface area contributed by atoms with E-state index in [2.05, 4.69) is 17.2 Å². The molecule has 1 aliphatic rings. The molecule has 7 heteroatoms. The molecular formula is C15H16N2O4S. The molecular weight excluding hydrogens is 304 g/mol. The largest absolute Gasteiger partial charge is 0.480 e. The number of rotatable bonds is 6. The molecule has 0 radical (unpaired) electrons. The summed E-state index contributed by atoms with van der Waals surface area (Å²) in [6.45, 7) is 3.54. The molecule has 6 nitrogen and oxygen atoms in total. The van der Waals surface area contributed by atoms with Crippen LogP contribution in [0, 0.1) is 0 Å². The van der Waals surface area contributed by atoms with Crippen molar-refractivity contribution in [3.8, 4) is 0 Å². The fourth-order valence-corrected chi connectivity index (χ4v) is 2.80. The number of hydrogen-bond acceptors (Lipinski definition) is 4. The number of benzene rings is 1. The summed E-state index contributed by atoms with van der Waals surface area (Å²) in [5, 5.41) is 14.3. The van der Waals surface area contributed by atoms with Gasteiger partial charge in [-0.15, -0.1) is 18.3 Å². The fraction of sp³-hybridized carbons (Fsp3) is 0.267. The Morgan fingerprint density at radius 2 is 2.27 bits per heavy atom. The number of carbonyl (C=O) groups excluding carboxylic acids is 2. The molecule has 1 heterocycles. The first-order valence-electron chi connectivity index (χ1n) is 6.72. The maximum absolute atomic E-state index is 12.2. The molecule has 0 spiro atoms. The van der Waals surface area contributed by atoms with Crippen LogP contribution in [0.25, 0.3) is 0 Å². The van der Waals surface area contributed by atoms with Gasteiger partial charge in [0.1, 0.15) is 6.04 Å². The first-order chi connectivity index (χ1) is 10.5. The minimum absolute atomic E-state index is 0.121. The number of carboxylic acid groups (broad SMARTS) is 1. The Bertz CT molecular complexity index is 630. The molecule has 1 aromatic carbocycles. The van der Waals surface area contributed by atoms with Crippen LogP contribution in [0.4, 0.5) is 5.69 Å². The highest BCUT2D eigenvalue weighted by molar-refractivity contribution is 8.00. The summed E-state index contributed by atoms with van der Waals surface area (Å²) in [4.78, 5) is 35.6. The Morgan fingerprint density at radius 3 is 2.95 bits per heavy atom. The molecule has 2 rings (SSSR count). The SMILES string of the molecule is C=CCCC(NC(=O)c1ccc2c(c1)NC(=O)CS2)C(=O)O. The summed E-state index contributed by atoms with van der Waals surface area (Å²) in [6.07, 6.45) is 2.38. The second kappa shape index (κ2) is 7.13. The van der Waals surface area contributed by atoms with Crippen LogP contribution >= 0.6 is 11.8 Å². The molecule has 2 amide bonds. The Kier molecular flexibility index (Phi) is 5.21. The minimum atomic E-state index is -1.09. The second-order valence-electron chi connectivity index (χ2n) is 4.78. The number of hydrogen-bond donors (Lipinski definition) is 3. The van der Waals surface area contributed by atoms with Gasteiger partial charge in [-0.25, -0.2) is 4.79 Å². The van der Waals surface area contributed by atoms with Gasteiger partial charge in [0.05, 0.1) is 11.4 Å². The van der Waals surface area contributed by atoms with Gasteiger partial charge in [0.15, 0.2) is 0 Å². The molecule has 0 aromatic heterocycles. The summed E-state index contributed by atoms with van der Waals surface area (Å²) in [5.74, 6) is -1.34. The van der Waals surface area contributed by atoms with Gasteiger partial charge in [-0.3, -0.25) is 9.59 Å². The standard InChI is InChI=1S/C15H16N2O4S/c1-2-3-4-10(15(20)21)17-14(19)9-5-6-12-11(7-9)16-13(18)8-22-12/h2,5-7,10H,1,3-4,8H2,(H,16,18)(H,17,19)(H,20,21). The van der Waals surface area contributed by atoms with E-state index in [9.17, 15) is 14.4 Å². The lowest BCUT2D eigenvalue weighted by Gasteiger charge is -2.18. The zero-order valence-electron chi connectivity index (χ0n) is 11.8. The fourth-order valence-electron chi connectivity index (χ4n) is 2.01. The van der Waals surface area contributed by atoms with Gasteiger partial charge in [-0.2, -0.15) is 0 Å². The van der Waals surface area contributed by atoms with E-state index in [0.717, 1.165) is 4.90 Å². The number of allylic oxidation sites excluding steroid dienone is 1. The molecule has 1 aromatic rings. The molecule has 1 atom stereocenters. The van der Waals surface area contributed by atoms with Crippen LogP contribution in [0.5, 0.6) is 0 Å². The van der Waals surface area contributed by atoms with Crippen LogP contribution in [-0.4, -0.2) is 34.7 Å². The number of carboxylic acids is 1. The maximum atomic E-state index is 12.2. The van der Waals surface area contributed by atoms with Crippen molar-refractivity contribution in [3.05, 3.63) is 36.4 Å². The van der Waals surface area contributed by atoms with Crippen molar-refractivity contribution in [2.45, 2.75) is 23.8 Å². The summed E-state index contributed by atoms with van der Waals surface area (Å²) in [6, 6.07) is 3.95. The first kappa shape index (κ1) is 16.1. The van der Waals surface area contributed by atoms with E-state index in [1.807, 2.05) is 0 Å². The number of thioether (sulfide) groups is 1. The molecule has 22 heavy (non-hydrogen) atoms. The van der Waals surface area contributed by atoms with Gasteiger partial charge < -0.3 is 15.7 Å². The molecule has 0 fully saturated rings. The van der Waals surface area contributed by atoms with Crippen molar-refractivity contribution in [2.24, 2.45) is 0 Å². The molecule has 0 saturated heterocycles. The third kappa shape index (κ3) is 3.88. The lowest BCUT2D eigenvalue weighted by molar-refractivity contribution is -0.139. The van der Waals surface area contributed by atoms with Crippen molar-refractivity contribution >= 4 is 35.2 Å². The molecule has 116 valence electrons. The highest BCUT2D eigenvalue weighted by Crippen LogP contribution is 2.31. The van der Waals surface area contributed by atoms with Gasteiger partial charge in [0.2, 0.25) is 5.91 Å². The van der Waals surface area contributed by atoms with Gasteiger partial charge in [-0.1, -0.05) is 6.08 Å². The van der Waals surface area contributed by atoms with Crippen LogP contribution in [0.3, 0.4) is 0 Å². The number of aliphatic carboxylic acids is 1. The Balaban J connectivity index is 2.11. The molecule has 0 aliphatic carbocycles. The summed E-state index contributed by atoms with van der Waals surface area (Å²) in [7, 11) is 0. The van der Waals surface area contributed by atoms with Crippen molar-refractivity contribution in [3.63, 3.8) is 0 Å². The summed E-state index contributed by atoms with van der Waals surface area (Å²) >= 11 is 1.40. The van der Waals surface area contributed by atoms with Gasteiger partial charge in [0.25, 0.3) is 5.91 Å². The third-order valence-electron chi connectivity index (χ3n) is 3.14. The van der Waals surface area contributed by atoms with E-state index in [1.165, 1.54) is 11.8 Å². The minimum Gasteiger partial charge on any atom is -0.480 e. The van der Waals surface area contributed by atoms with E-state index in [-0.39, 0.29) is 12.3 Å². The third-order valence-corrected chi connectivity index (χ3v) is 4.21. The van der Waals surface area contributed by atoms with Crippen molar-refractivity contribution in [1.82, 2.24) is 5.32 Å². The molecule has 0 bridgehead atoms. The zero-order chi connectivity index (χ0) is 16.1. The van der Waals surface area contributed by atoms with Gasteiger partial charge in [-0.05, 0) is 31.0 Å². The molecule has 3 N–H and O–H groups in total. The number of anilines is 1. The van der Waals surface area contributed by atoms with Gasteiger partial charge in [0, 0.05) is 10.5 Å². The highest BCUT2D eigenvalue weighted by atomic mass is 32.2. The summed E-state index contributed by atoms with van der Waals surface area (Å²) < 4.78 is 0. The van der Waals surface area contributed by atoms with Crippen LogP contribution in [-0.2, 0) is 9.59 Å². The quantitative estimate of drug-likeness (QED) is 0.696.